The van der Waals surface area contributed by atoms with E-state index in [-0.39, 0.29) is 0 Å². The fraction of sp³-hybridized carbons (Fsp3) is 1.00. The summed E-state index contributed by atoms with van der Waals surface area (Å²) in [5.74, 6) is 0. The van der Waals surface area contributed by atoms with Crippen molar-refractivity contribution in [2.45, 2.75) is 13.0 Å². The van der Waals surface area contributed by atoms with Crippen LogP contribution in [0.5, 0.6) is 0 Å². The Morgan fingerprint density at radius 1 is 1.05 bits per heavy atom. The van der Waals surface area contributed by atoms with E-state index in [1.165, 1.54) is 0 Å². The predicted octanol–water partition coefficient (Wildman–Crippen LogP) is -0.432. The lowest BCUT2D eigenvalue weighted by molar-refractivity contribution is 0.00594. The third-order valence-corrected chi connectivity index (χ3v) is 2.37. The van der Waals surface area contributed by atoms with E-state index in [0.717, 1.165) is 19.7 Å². The highest BCUT2D eigenvalue weighted by molar-refractivity contribution is 4.58. The fourth-order valence-corrected chi connectivity index (χ4v) is 1.30. The molecule has 0 saturated carbocycles. The molecule has 0 fully saturated rings. The van der Waals surface area contributed by atoms with E-state index in [1.807, 2.05) is 21.0 Å². The average molecular weight is 278 g/mol. The number of hydrogen-bond donors (Lipinski definition) is 2. The molecule has 0 aromatic rings. The van der Waals surface area contributed by atoms with E-state index < -0.39 is 6.10 Å². The highest BCUT2D eigenvalue weighted by atomic mass is 16.5. The van der Waals surface area contributed by atoms with Crippen LogP contribution >= 0.6 is 0 Å². The first-order valence-electron chi connectivity index (χ1n) is 6.93. The average Bonchev–Trinajstić information content (AvgIpc) is 2.37. The number of likely N-dealkylation sites (N-methyl/N-ethyl adjacent to an activating group) is 1. The molecule has 0 radical (unpaired) electrons. The lowest BCUT2D eigenvalue weighted by atomic mass is 10.4. The molecule has 19 heavy (non-hydrogen) atoms. The van der Waals surface area contributed by atoms with Crippen molar-refractivity contribution in [3.8, 4) is 0 Å². The van der Waals surface area contributed by atoms with Gasteiger partial charge in [-0.15, -0.1) is 0 Å². The van der Waals surface area contributed by atoms with Crippen LogP contribution in [-0.2, 0) is 14.2 Å². The summed E-state index contributed by atoms with van der Waals surface area (Å²) in [6.45, 7) is 7.66. The molecule has 116 valence electrons. The van der Waals surface area contributed by atoms with Gasteiger partial charge in [-0.1, -0.05) is 0 Å². The van der Waals surface area contributed by atoms with Gasteiger partial charge in [0.2, 0.25) is 0 Å². The molecule has 1 unspecified atom stereocenters. The van der Waals surface area contributed by atoms with Crippen LogP contribution in [0.15, 0.2) is 0 Å². The van der Waals surface area contributed by atoms with Gasteiger partial charge in [0.25, 0.3) is 0 Å². The standard InChI is InChI=1S/C13H30N2O4/c1-4-17-9-10-19-12-13(16)11-14-5-7-18-8-6-15(2)3/h13-14,16H,4-12H2,1-3H3. The van der Waals surface area contributed by atoms with E-state index >= 15 is 0 Å². The molecule has 0 bridgehead atoms. The van der Waals surface area contributed by atoms with Crippen molar-refractivity contribution in [2.24, 2.45) is 0 Å². The molecule has 0 aromatic heterocycles. The Labute approximate surface area is 117 Å². The monoisotopic (exact) mass is 278 g/mol. The van der Waals surface area contributed by atoms with E-state index in [1.54, 1.807) is 0 Å². The minimum atomic E-state index is -0.483. The molecule has 0 saturated heterocycles. The number of nitrogens with zero attached hydrogens (tertiary/aromatic N) is 1. The Morgan fingerprint density at radius 2 is 1.79 bits per heavy atom. The zero-order valence-electron chi connectivity index (χ0n) is 12.6. The summed E-state index contributed by atoms with van der Waals surface area (Å²) >= 11 is 0. The maximum absolute atomic E-state index is 9.61. The minimum absolute atomic E-state index is 0.335. The van der Waals surface area contributed by atoms with E-state index in [0.29, 0.717) is 39.6 Å². The van der Waals surface area contributed by atoms with Gasteiger partial charge in [-0.2, -0.15) is 0 Å². The number of aliphatic hydroxyl groups is 1. The van der Waals surface area contributed by atoms with E-state index in [9.17, 15) is 5.11 Å². The lowest BCUT2D eigenvalue weighted by Crippen LogP contribution is -2.33. The van der Waals surface area contributed by atoms with E-state index in [4.69, 9.17) is 14.2 Å². The smallest absolute Gasteiger partial charge is 0.0897 e. The summed E-state index contributed by atoms with van der Waals surface area (Å²) in [4.78, 5) is 2.08. The molecule has 2 N–H and O–H groups in total. The fourth-order valence-electron chi connectivity index (χ4n) is 1.30. The van der Waals surface area contributed by atoms with Gasteiger partial charge in [0.05, 0.1) is 39.1 Å². The molecular weight excluding hydrogens is 248 g/mol. The van der Waals surface area contributed by atoms with Crippen LogP contribution in [0.1, 0.15) is 6.92 Å². The van der Waals surface area contributed by atoms with Gasteiger partial charge in [-0.25, -0.2) is 0 Å². The van der Waals surface area contributed by atoms with E-state index in [2.05, 4.69) is 10.2 Å². The third kappa shape index (κ3) is 15.7. The highest BCUT2D eigenvalue weighted by Gasteiger charge is 2.03. The summed E-state index contributed by atoms with van der Waals surface area (Å²) in [7, 11) is 4.03. The second-order valence-electron chi connectivity index (χ2n) is 4.55. The maximum Gasteiger partial charge on any atom is 0.0897 e. The van der Waals surface area contributed by atoms with Crippen molar-refractivity contribution in [1.29, 1.82) is 0 Å². The van der Waals surface area contributed by atoms with Crippen LogP contribution in [-0.4, -0.2) is 89.5 Å². The zero-order valence-corrected chi connectivity index (χ0v) is 12.6. The molecule has 0 aliphatic carbocycles. The Morgan fingerprint density at radius 3 is 2.47 bits per heavy atom. The molecule has 0 spiro atoms. The molecule has 0 aliphatic rings. The molecule has 6 nitrogen and oxygen atoms in total. The molecule has 0 aromatic carbocycles. The van der Waals surface area contributed by atoms with Gasteiger partial charge in [0, 0.05) is 26.2 Å². The van der Waals surface area contributed by atoms with Crippen molar-refractivity contribution in [3.05, 3.63) is 0 Å². The third-order valence-electron chi connectivity index (χ3n) is 2.37. The van der Waals surface area contributed by atoms with Crippen molar-refractivity contribution in [1.82, 2.24) is 10.2 Å². The lowest BCUT2D eigenvalue weighted by Gasteiger charge is -2.13. The number of ether oxygens (including phenoxy) is 3. The summed E-state index contributed by atoms with van der Waals surface area (Å²) < 4.78 is 15.8. The molecule has 6 heteroatoms. The summed E-state index contributed by atoms with van der Waals surface area (Å²) in [6, 6.07) is 0. The SMILES string of the molecule is CCOCCOCC(O)CNCCOCCN(C)C. The number of nitrogens with one attached hydrogen (secondary N) is 1. The summed E-state index contributed by atoms with van der Waals surface area (Å²) in [6.07, 6.45) is -0.483. The second-order valence-corrected chi connectivity index (χ2v) is 4.55. The molecular formula is C13H30N2O4. The number of aliphatic hydroxyl groups excluding tert-OH is 1. The van der Waals surface area contributed by atoms with Crippen LogP contribution < -0.4 is 5.32 Å². The highest BCUT2D eigenvalue weighted by Crippen LogP contribution is 1.85. The zero-order chi connectivity index (χ0) is 14.3. The van der Waals surface area contributed by atoms with Crippen molar-refractivity contribution >= 4 is 0 Å². The number of rotatable bonds is 14. The molecule has 0 amide bonds. The Kier molecular flexibility index (Phi) is 14.0. The van der Waals surface area contributed by atoms with Crippen molar-refractivity contribution in [3.63, 3.8) is 0 Å². The Hall–Kier alpha value is -0.240. The van der Waals surface area contributed by atoms with Crippen LogP contribution in [0.4, 0.5) is 0 Å². The Bertz CT molecular complexity index is 182. The van der Waals surface area contributed by atoms with Crippen LogP contribution in [0.3, 0.4) is 0 Å². The van der Waals surface area contributed by atoms with Gasteiger partial charge in [-0.3, -0.25) is 0 Å². The van der Waals surface area contributed by atoms with Gasteiger partial charge >= 0.3 is 0 Å². The van der Waals surface area contributed by atoms with Crippen LogP contribution in [0, 0.1) is 0 Å². The van der Waals surface area contributed by atoms with Crippen molar-refractivity contribution in [2.75, 3.05) is 73.4 Å². The molecule has 0 heterocycles. The maximum atomic E-state index is 9.61. The Balaban J connectivity index is 3.13. The summed E-state index contributed by atoms with van der Waals surface area (Å²) in [5.41, 5.74) is 0. The van der Waals surface area contributed by atoms with Gasteiger partial charge in [-0.05, 0) is 21.0 Å². The quantitative estimate of drug-likeness (QED) is 0.420. The molecule has 1 atom stereocenters. The first-order chi connectivity index (χ1) is 9.16. The van der Waals surface area contributed by atoms with Crippen LogP contribution in [0.25, 0.3) is 0 Å². The second kappa shape index (κ2) is 14.2. The van der Waals surface area contributed by atoms with Gasteiger partial charge < -0.3 is 29.5 Å². The van der Waals surface area contributed by atoms with Crippen LogP contribution in [0.2, 0.25) is 0 Å². The van der Waals surface area contributed by atoms with Gasteiger partial charge in [0.15, 0.2) is 0 Å². The number of hydrogen-bond acceptors (Lipinski definition) is 6. The molecule has 0 aliphatic heterocycles. The topological polar surface area (TPSA) is 63.2 Å². The van der Waals surface area contributed by atoms with Gasteiger partial charge in [0.1, 0.15) is 0 Å². The normalized spacial score (nSPS) is 13.1. The first kappa shape index (κ1) is 18.8. The van der Waals surface area contributed by atoms with Crippen molar-refractivity contribution < 1.29 is 19.3 Å². The predicted molar refractivity (Wildman–Crippen MR) is 75.6 cm³/mol. The summed E-state index contributed by atoms with van der Waals surface area (Å²) in [5, 5.41) is 12.7. The molecule has 0 rings (SSSR count). The largest absolute Gasteiger partial charge is 0.389 e. The first-order valence-corrected chi connectivity index (χ1v) is 6.93. The minimum Gasteiger partial charge on any atom is -0.389 e.